The van der Waals surface area contributed by atoms with E-state index < -0.39 is 0 Å². The number of ether oxygens (including phenoxy) is 1. The van der Waals surface area contributed by atoms with E-state index in [-0.39, 0.29) is 11.9 Å². The van der Waals surface area contributed by atoms with Gasteiger partial charge in [-0.05, 0) is 37.0 Å². The number of carbonyl (C=O) groups excluding carboxylic acids is 1. The molecule has 0 radical (unpaired) electrons. The number of nitrogens with zero attached hydrogens (tertiary/aromatic N) is 2. The normalized spacial score (nSPS) is 19.6. The van der Waals surface area contributed by atoms with Gasteiger partial charge in [0.1, 0.15) is 0 Å². The summed E-state index contributed by atoms with van der Waals surface area (Å²) in [5.41, 5.74) is 4.68. The molecule has 2 aromatic rings. The molecule has 0 spiro atoms. The van der Waals surface area contributed by atoms with E-state index >= 15 is 0 Å². The number of morpholine rings is 1. The van der Waals surface area contributed by atoms with E-state index in [1.54, 1.807) is 0 Å². The molecule has 0 bridgehead atoms. The molecule has 2 heterocycles. The molecule has 0 saturated carbocycles. The lowest BCUT2D eigenvalue weighted by Gasteiger charge is -2.23. The largest absolute Gasteiger partial charge is 0.378 e. The highest BCUT2D eigenvalue weighted by Gasteiger charge is 2.23. The van der Waals surface area contributed by atoms with Crippen LogP contribution in [0.25, 0.3) is 5.69 Å². The maximum Gasteiger partial charge on any atom is 0.221 e. The lowest BCUT2D eigenvalue weighted by Crippen LogP contribution is -2.44. The van der Waals surface area contributed by atoms with Crippen LogP contribution in [0.2, 0.25) is 0 Å². The number of nitrogens with one attached hydrogen (secondary N) is 2. The molecule has 1 saturated heterocycles. The highest BCUT2D eigenvalue weighted by molar-refractivity contribution is 5.76. The first-order chi connectivity index (χ1) is 12.3. The number of benzene rings is 1. The van der Waals surface area contributed by atoms with Crippen molar-refractivity contribution in [2.45, 2.75) is 38.3 Å². The molecule has 1 aromatic heterocycles. The van der Waals surface area contributed by atoms with Crippen molar-refractivity contribution >= 4 is 5.91 Å². The second-order valence-corrected chi connectivity index (χ2v) is 6.68. The highest BCUT2D eigenvalue weighted by atomic mass is 16.5. The van der Waals surface area contributed by atoms with E-state index in [1.165, 1.54) is 11.3 Å². The summed E-state index contributed by atoms with van der Waals surface area (Å²) in [5.74, 6) is 0.0454. The Bertz CT molecular complexity index is 735. The minimum atomic E-state index is 0.0454. The van der Waals surface area contributed by atoms with Crippen LogP contribution < -0.4 is 10.6 Å². The molecule has 6 heteroatoms. The fraction of sp³-hybridized carbons (Fsp3) is 0.474. The summed E-state index contributed by atoms with van der Waals surface area (Å²) in [7, 11) is 0. The van der Waals surface area contributed by atoms with E-state index in [0.717, 1.165) is 43.8 Å². The van der Waals surface area contributed by atoms with Crippen LogP contribution in [0.15, 0.2) is 30.3 Å². The third kappa shape index (κ3) is 3.60. The van der Waals surface area contributed by atoms with Crippen LogP contribution in [0, 0.1) is 0 Å². The fourth-order valence-electron chi connectivity index (χ4n) is 3.67. The van der Waals surface area contributed by atoms with Gasteiger partial charge >= 0.3 is 0 Å². The smallest absolute Gasteiger partial charge is 0.221 e. The maximum absolute atomic E-state index is 12.2. The molecular formula is C19H24N4O2. The van der Waals surface area contributed by atoms with Crippen LogP contribution in [0.5, 0.6) is 0 Å². The Labute approximate surface area is 147 Å². The highest BCUT2D eigenvalue weighted by Crippen LogP contribution is 2.27. The van der Waals surface area contributed by atoms with E-state index in [0.29, 0.717) is 19.6 Å². The standard InChI is InChI=1S/C19H24N4O2/c24-19(11-14-13-25-10-9-20-14)21-12-17-16-7-4-8-18(16)23(22-17)15-5-2-1-3-6-15/h1-3,5-6,14,20H,4,7-13H2,(H,21,24). The number of para-hydroxylation sites is 1. The van der Waals surface area contributed by atoms with Crippen LogP contribution in [-0.2, 0) is 28.9 Å². The van der Waals surface area contributed by atoms with Gasteiger partial charge in [-0.1, -0.05) is 18.2 Å². The van der Waals surface area contributed by atoms with Gasteiger partial charge < -0.3 is 15.4 Å². The van der Waals surface area contributed by atoms with Gasteiger partial charge in [-0.15, -0.1) is 0 Å². The molecule has 1 amide bonds. The monoisotopic (exact) mass is 340 g/mol. The zero-order valence-electron chi connectivity index (χ0n) is 14.3. The van der Waals surface area contributed by atoms with Crippen LogP contribution >= 0.6 is 0 Å². The average Bonchev–Trinajstić information content (AvgIpc) is 3.24. The average molecular weight is 340 g/mol. The third-order valence-corrected chi connectivity index (χ3v) is 4.90. The van der Waals surface area contributed by atoms with Crippen molar-refractivity contribution in [1.29, 1.82) is 0 Å². The van der Waals surface area contributed by atoms with Crippen molar-refractivity contribution in [3.05, 3.63) is 47.3 Å². The van der Waals surface area contributed by atoms with E-state index in [4.69, 9.17) is 9.84 Å². The number of amides is 1. The van der Waals surface area contributed by atoms with Crippen molar-refractivity contribution in [1.82, 2.24) is 20.4 Å². The topological polar surface area (TPSA) is 68.2 Å². The van der Waals surface area contributed by atoms with Crippen molar-refractivity contribution in [2.75, 3.05) is 19.8 Å². The molecule has 1 fully saturated rings. The summed E-state index contributed by atoms with van der Waals surface area (Å²) in [4.78, 5) is 12.2. The van der Waals surface area contributed by atoms with Crippen LogP contribution in [0.4, 0.5) is 0 Å². The van der Waals surface area contributed by atoms with E-state index in [9.17, 15) is 4.79 Å². The summed E-state index contributed by atoms with van der Waals surface area (Å²) in [5, 5.41) is 11.1. The molecule has 4 rings (SSSR count). The molecule has 25 heavy (non-hydrogen) atoms. The Morgan fingerprint density at radius 1 is 1.32 bits per heavy atom. The number of aromatic nitrogens is 2. The lowest BCUT2D eigenvalue weighted by atomic mass is 10.1. The molecule has 2 aliphatic rings. The summed E-state index contributed by atoms with van der Waals surface area (Å²) >= 11 is 0. The molecule has 1 aliphatic carbocycles. The molecule has 6 nitrogen and oxygen atoms in total. The second-order valence-electron chi connectivity index (χ2n) is 6.68. The Kier molecular flexibility index (Phi) is 4.81. The summed E-state index contributed by atoms with van der Waals surface area (Å²) in [6.45, 7) is 2.63. The van der Waals surface area contributed by atoms with Crippen molar-refractivity contribution in [3.8, 4) is 5.69 Å². The van der Waals surface area contributed by atoms with E-state index in [2.05, 4.69) is 22.8 Å². The van der Waals surface area contributed by atoms with Crippen LogP contribution in [-0.4, -0.2) is 41.5 Å². The summed E-state index contributed by atoms with van der Waals surface area (Å²) in [6, 6.07) is 10.3. The minimum Gasteiger partial charge on any atom is -0.378 e. The Hall–Kier alpha value is -2.18. The first-order valence-electron chi connectivity index (χ1n) is 9.04. The van der Waals surface area contributed by atoms with Gasteiger partial charge in [-0.3, -0.25) is 4.79 Å². The molecule has 1 aromatic carbocycles. The zero-order chi connectivity index (χ0) is 17.1. The molecule has 1 atom stereocenters. The second kappa shape index (κ2) is 7.37. The summed E-state index contributed by atoms with van der Waals surface area (Å²) in [6.07, 6.45) is 3.70. The fourth-order valence-corrected chi connectivity index (χ4v) is 3.67. The SMILES string of the molecule is O=C(CC1COCCN1)NCc1nn(-c2ccccc2)c2c1CCC2. The summed E-state index contributed by atoms with van der Waals surface area (Å²) < 4.78 is 7.44. The number of hydrogen-bond acceptors (Lipinski definition) is 4. The number of fused-ring (bicyclic) bond motifs is 1. The predicted molar refractivity (Wildman–Crippen MR) is 94.7 cm³/mol. The van der Waals surface area contributed by atoms with Gasteiger partial charge in [0.2, 0.25) is 5.91 Å². The Morgan fingerprint density at radius 2 is 2.20 bits per heavy atom. The van der Waals surface area contributed by atoms with Gasteiger partial charge in [0, 0.05) is 24.7 Å². The predicted octanol–water partition coefficient (Wildman–Crippen LogP) is 1.36. The van der Waals surface area contributed by atoms with Gasteiger partial charge in [0.25, 0.3) is 0 Å². The lowest BCUT2D eigenvalue weighted by molar-refractivity contribution is -0.122. The van der Waals surface area contributed by atoms with Crippen molar-refractivity contribution in [2.24, 2.45) is 0 Å². The molecule has 132 valence electrons. The number of carbonyl (C=O) groups is 1. The Morgan fingerprint density at radius 3 is 3.00 bits per heavy atom. The third-order valence-electron chi connectivity index (χ3n) is 4.90. The van der Waals surface area contributed by atoms with Crippen LogP contribution in [0.3, 0.4) is 0 Å². The molecular weight excluding hydrogens is 316 g/mol. The Balaban J connectivity index is 1.43. The molecule has 1 aliphatic heterocycles. The van der Waals surface area contributed by atoms with Gasteiger partial charge in [-0.2, -0.15) is 5.10 Å². The maximum atomic E-state index is 12.2. The first-order valence-corrected chi connectivity index (χ1v) is 9.04. The quantitative estimate of drug-likeness (QED) is 0.862. The minimum absolute atomic E-state index is 0.0454. The van der Waals surface area contributed by atoms with Gasteiger partial charge in [-0.25, -0.2) is 4.68 Å². The van der Waals surface area contributed by atoms with Crippen molar-refractivity contribution in [3.63, 3.8) is 0 Å². The van der Waals surface area contributed by atoms with Crippen molar-refractivity contribution < 1.29 is 9.53 Å². The van der Waals surface area contributed by atoms with Gasteiger partial charge in [0.05, 0.1) is 31.1 Å². The first kappa shape index (κ1) is 16.3. The molecule has 1 unspecified atom stereocenters. The molecule has 2 N–H and O–H groups in total. The number of rotatable bonds is 5. The number of hydrogen-bond donors (Lipinski definition) is 2. The van der Waals surface area contributed by atoms with Crippen LogP contribution in [0.1, 0.15) is 29.8 Å². The van der Waals surface area contributed by atoms with Gasteiger partial charge in [0.15, 0.2) is 0 Å². The van der Waals surface area contributed by atoms with E-state index in [1.807, 2.05) is 22.9 Å². The zero-order valence-corrected chi connectivity index (χ0v) is 14.3.